The molecule has 0 radical (unpaired) electrons. The van der Waals surface area contributed by atoms with Crippen molar-refractivity contribution in [2.75, 3.05) is 5.32 Å². The summed E-state index contributed by atoms with van der Waals surface area (Å²) in [5.41, 5.74) is 7.34. The Bertz CT molecular complexity index is 553. The number of phenols is 1. The van der Waals surface area contributed by atoms with E-state index in [1.807, 2.05) is 18.2 Å². The number of para-hydroxylation sites is 1. The van der Waals surface area contributed by atoms with Crippen LogP contribution in [0.1, 0.15) is 0 Å². The van der Waals surface area contributed by atoms with Crippen molar-refractivity contribution in [1.82, 2.24) is 0 Å². The Balaban J connectivity index is 2.47. The van der Waals surface area contributed by atoms with Crippen LogP contribution in [-0.4, -0.2) is 11.1 Å². The number of aromatic hydroxyl groups is 1. The average molecular weight is 228 g/mol. The molecule has 2 rings (SSSR count). The first kappa shape index (κ1) is 11.0. The van der Waals surface area contributed by atoms with Crippen LogP contribution in [-0.2, 0) is 0 Å². The molecule has 0 saturated carbocycles. The van der Waals surface area contributed by atoms with Gasteiger partial charge in [0, 0.05) is 5.56 Å². The van der Waals surface area contributed by atoms with Crippen molar-refractivity contribution in [1.29, 1.82) is 0 Å². The summed E-state index contributed by atoms with van der Waals surface area (Å²) in [5.74, 6) is 0.177. The van der Waals surface area contributed by atoms with Gasteiger partial charge in [0.2, 0.25) is 0 Å². The Hall–Kier alpha value is -2.49. The van der Waals surface area contributed by atoms with Crippen LogP contribution >= 0.6 is 0 Å². The Labute approximate surface area is 98.7 Å². The Morgan fingerprint density at radius 3 is 2.59 bits per heavy atom. The largest absolute Gasteiger partial charge is 0.508 e. The number of benzene rings is 2. The molecule has 4 N–H and O–H groups in total. The molecule has 0 aliphatic rings. The molecule has 2 aromatic rings. The van der Waals surface area contributed by atoms with E-state index < -0.39 is 6.03 Å². The van der Waals surface area contributed by atoms with Crippen molar-refractivity contribution in [2.24, 2.45) is 5.73 Å². The minimum Gasteiger partial charge on any atom is -0.508 e. The molecule has 0 aliphatic carbocycles. The van der Waals surface area contributed by atoms with E-state index in [0.29, 0.717) is 5.69 Å². The molecule has 0 aromatic heterocycles. The summed E-state index contributed by atoms with van der Waals surface area (Å²) in [6.07, 6.45) is 0. The van der Waals surface area contributed by atoms with E-state index >= 15 is 0 Å². The molecule has 0 fully saturated rings. The lowest BCUT2D eigenvalue weighted by atomic mass is 10.0. The zero-order chi connectivity index (χ0) is 12.3. The fourth-order valence-corrected chi connectivity index (χ4v) is 1.65. The van der Waals surface area contributed by atoms with E-state index in [9.17, 15) is 9.90 Å². The third-order valence-corrected chi connectivity index (χ3v) is 2.34. The molecule has 0 atom stereocenters. The van der Waals surface area contributed by atoms with Crippen molar-refractivity contribution in [2.45, 2.75) is 0 Å². The van der Waals surface area contributed by atoms with Crippen LogP contribution in [0.15, 0.2) is 48.5 Å². The normalized spacial score (nSPS) is 9.88. The van der Waals surface area contributed by atoms with Crippen molar-refractivity contribution < 1.29 is 9.90 Å². The van der Waals surface area contributed by atoms with Gasteiger partial charge in [-0.2, -0.15) is 0 Å². The quantitative estimate of drug-likeness (QED) is 0.738. The minimum atomic E-state index is -0.613. The van der Waals surface area contributed by atoms with Gasteiger partial charge in [0.05, 0.1) is 5.69 Å². The molecule has 17 heavy (non-hydrogen) atoms. The van der Waals surface area contributed by atoms with Crippen LogP contribution in [0.3, 0.4) is 0 Å². The number of nitrogens with two attached hydrogens (primary N) is 1. The molecule has 86 valence electrons. The van der Waals surface area contributed by atoms with Crippen LogP contribution in [0.25, 0.3) is 11.1 Å². The number of urea groups is 1. The highest BCUT2D eigenvalue weighted by atomic mass is 16.3. The Morgan fingerprint density at radius 1 is 1.12 bits per heavy atom. The van der Waals surface area contributed by atoms with E-state index in [-0.39, 0.29) is 5.75 Å². The van der Waals surface area contributed by atoms with Crippen molar-refractivity contribution >= 4 is 11.7 Å². The van der Waals surface area contributed by atoms with Crippen molar-refractivity contribution in [3.05, 3.63) is 48.5 Å². The monoisotopic (exact) mass is 228 g/mol. The average Bonchev–Trinajstić information content (AvgIpc) is 2.29. The van der Waals surface area contributed by atoms with E-state index in [1.54, 1.807) is 30.3 Å². The number of carbonyl (C=O) groups is 1. The smallest absolute Gasteiger partial charge is 0.316 e. The number of nitrogens with one attached hydrogen (secondary N) is 1. The standard InChI is InChI=1S/C13H12N2O2/c14-13(17)15-12-7-2-1-6-11(12)9-4-3-5-10(16)8-9/h1-8,16H,(H3,14,15,17). The van der Waals surface area contributed by atoms with Gasteiger partial charge in [0.1, 0.15) is 5.75 Å². The molecular formula is C13H12N2O2. The second-order valence-electron chi connectivity index (χ2n) is 3.59. The zero-order valence-corrected chi connectivity index (χ0v) is 9.05. The predicted octanol–water partition coefficient (Wildman–Crippen LogP) is 2.55. The molecule has 0 spiro atoms. The lowest BCUT2D eigenvalue weighted by molar-refractivity contribution is 0.259. The van der Waals surface area contributed by atoms with Crippen LogP contribution in [0.5, 0.6) is 5.75 Å². The molecular weight excluding hydrogens is 216 g/mol. The Morgan fingerprint density at radius 2 is 1.88 bits per heavy atom. The van der Waals surface area contributed by atoms with E-state index in [2.05, 4.69) is 5.32 Å². The lowest BCUT2D eigenvalue weighted by Gasteiger charge is -2.09. The summed E-state index contributed by atoms with van der Waals surface area (Å²) >= 11 is 0. The third kappa shape index (κ3) is 2.55. The predicted molar refractivity (Wildman–Crippen MR) is 66.7 cm³/mol. The van der Waals surface area contributed by atoms with E-state index in [1.165, 1.54) is 0 Å². The van der Waals surface area contributed by atoms with Crippen molar-refractivity contribution in [3.63, 3.8) is 0 Å². The number of phenolic OH excluding ortho intramolecular Hbond substituents is 1. The number of anilines is 1. The topological polar surface area (TPSA) is 75.4 Å². The first-order valence-corrected chi connectivity index (χ1v) is 5.12. The van der Waals surface area contributed by atoms with E-state index in [4.69, 9.17) is 5.73 Å². The molecule has 0 aliphatic heterocycles. The fraction of sp³-hybridized carbons (Fsp3) is 0. The zero-order valence-electron chi connectivity index (χ0n) is 9.05. The molecule has 2 aromatic carbocycles. The molecule has 0 unspecified atom stereocenters. The second-order valence-corrected chi connectivity index (χ2v) is 3.59. The Kier molecular flexibility index (Phi) is 2.96. The van der Waals surface area contributed by atoms with Gasteiger partial charge in [-0.25, -0.2) is 4.79 Å². The summed E-state index contributed by atoms with van der Waals surface area (Å²) in [6, 6.07) is 13.5. The summed E-state index contributed by atoms with van der Waals surface area (Å²) in [5, 5.41) is 12.0. The molecule has 4 nitrogen and oxygen atoms in total. The number of hydrogen-bond donors (Lipinski definition) is 3. The SMILES string of the molecule is NC(=O)Nc1ccccc1-c1cccc(O)c1. The van der Waals surface area contributed by atoms with Crippen LogP contribution in [0, 0.1) is 0 Å². The minimum absolute atomic E-state index is 0.177. The summed E-state index contributed by atoms with van der Waals surface area (Å²) in [6.45, 7) is 0. The summed E-state index contributed by atoms with van der Waals surface area (Å²) < 4.78 is 0. The van der Waals surface area contributed by atoms with Gasteiger partial charge in [-0.15, -0.1) is 0 Å². The number of carbonyl (C=O) groups excluding carboxylic acids is 1. The summed E-state index contributed by atoms with van der Waals surface area (Å²) in [7, 11) is 0. The highest BCUT2D eigenvalue weighted by molar-refractivity contribution is 5.93. The number of hydrogen-bond acceptors (Lipinski definition) is 2. The van der Waals surface area contributed by atoms with Crippen LogP contribution in [0.2, 0.25) is 0 Å². The summed E-state index contributed by atoms with van der Waals surface area (Å²) in [4.78, 5) is 10.9. The molecule has 0 bridgehead atoms. The fourth-order valence-electron chi connectivity index (χ4n) is 1.65. The van der Waals surface area contributed by atoms with Gasteiger partial charge in [-0.1, -0.05) is 30.3 Å². The van der Waals surface area contributed by atoms with Crippen LogP contribution < -0.4 is 11.1 Å². The van der Waals surface area contributed by atoms with Crippen molar-refractivity contribution in [3.8, 4) is 16.9 Å². The maximum Gasteiger partial charge on any atom is 0.316 e. The molecule has 0 heterocycles. The number of amides is 2. The highest BCUT2D eigenvalue weighted by Crippen LogP contribution is 2.29. The van der Waals surface area contributed by atoms with E-state index in [0.717, 1.165) is 11.1 Å². The van der Waals surface area contributed by atoms with Gasteiger partial charge in [0.15, 0.2) is 0 Å². The van der Waals surface area contributed by atoms with Gasteiger partial charge >= 0.3 is 6.03 Å². The first-order chi connectivity index (χ1) is 8.16. The second kappa shape index (κ2) is 4.57. The molecule has 2 amide bonds. The number of primary amides is 1. The van der Waals surface area contributed by atoms with Crippen LogP contribution in [0.4, 0.5) is 10.5 Å². The molecule has 4 heteroatoms. The number of rotatable bonds is 2. The maximum absolute atomic E-state index is 10.9. The molecule has 0 saturated heterocycles. The van der Waals surface area contributed by atoms with Gasteiger partial charge in [0.25, 0.3) is 0 Å². The highest BCUT2D eigenvalue weighted by Gasteiger charge is 2.06. The third-order valence-electron chi connectivity index (χ3n) is 2.34. The van der Waals surface area contributed by atoms with Gasteiger partial charge in [-0.3, -0.25) is 0 Å². The van der Waals surface area contributed by atoms with Gasteiger partial charge < -0.3 is 16.2 Å². The lowest BCUT2D eigenvalue weighted by Crippen LogP contribution is -2.19. The first-order valence-electron chi connectivity index (χ1n) is 5.12. The maximum atomic E-state index is 10.9. The van der Waals surface area contributed by atoms with Gasteiger partial charge in [-0.05, 0) is 23.8 Å².